The lowest BCUT2D eigenvalue weighted by Crippen LogP contribution is -2.68. The third-order valence-corrected chi connectivity index (χ3v) is 10.5. The third-order valence-electron chi connectivity index (χ3n) is 7.19. The van der Waals surface area contributed by atoms with Crippen LogP contribution in [0, 0.1) is 0 Å². The van der Waals surface area contributed by atoms with Gasteiger partial charge in [-0.2, -0.15) is 13.2 Å². The summed E-state index contributed by atoms with van der Waals surface area (Å²) in [6.45, 7) is 1.78. The summed E-state index contributed by atoms with van der Waals surface area (Å²) in [4.78, 5) is 23.7. The van der Waals surface area contributed by atoms with Gasteiger partial charge in [0.15, 0.2) is 9.84 Å². The first-order chi connectivity index (χ1) is 18.4. The van der Waals surface area contributed by atoms with Crippen molar-refractivity contribution in [2.75, 3.05) is 42.7 Å². The minimum absolute atomic E-state index is 0.0111. The Hall–Kier alpha value is -2.94. The second-order valence-corrected chi connectivity index (χ2v) is 13.2. The topological polar surface area (TPSA) is 108 Å². The number of nitrogens with one attached hydrogen (secondary N) is 2. The number of rotatable bonds is 4. The van der Waals surface area contributed by atoms with Gasteiger partial charge in [-0.1, -0.05) is 11.6 Å². The minimum Gasteiger partial charge on any atom is -0.363 e. The van der Waals surface area contributed by atoms with Crippen LogP contribution in [0.5, 0.6) is 0 Å². The molecule has 2 atom stereocenters. The number of alkyl halides is 3. The number of fused-ring (bicyclic) bond motifs is 3. The molecule has 0 spiro atoms. The zero-order chi connectivity index (χ0) is 27.7. The number of nitrogens with zero attached hydrogens (tertiary/aromatic N) is 4. The molecule has 5 heterocycles. The lowest BCUT2D eigenvalue weighted by molar-refractivity contribution is -0.137. The van der Waals surface area contributed by atoms with E-state index in [-0.39, 0.29) is 32.9 Å². The summed E-state index contributed by atoms with van der Waals surface area (Å²) in [5.74, 6) is -1.06. The Labute approximate surface area is 230 Å². The van der Waals surface area contributed by atoms with Gasteiger partial charge in [-0.15, -0.1) is 11.3 Å². The van der Waals surface area contributed by atoms with Gasteiger partial charge in [0.25, 0.3) is 5.91 Å². The second kappa shape index (κ2) is 9.32. The molecule has 3 aromatic rings. The fourth-order valence-electron chi connectivity index (χ4n) is 5.14. The van der Waals surface area contributed by atoms with Crippen LogP contribution in [0.1, 0.15) is 21.7 Å². The van der Waals surface area contributed by atoms with Gasteiger partial charge in [-0.05, 0) is 30.7 Å². The van der Waals surface area contributed by atoms with Crippen LogP contribution in [0.4, 0.5) is 30.5 Å². The molecule has 0 aliphatic carbocycles. The van der Waals surface area contributed by atoms with Crippen LogP contribution in [-0.2, 0) is 16.0 Å². The number of halogens is 4. The van der Waals surface area contributed by atoms with Gasteiger partial charge in [-0.3, -0.25) is 4.79 Å². The van der Waals surface area contributed by atoms with E-state index in [0.717, 1.165) is 31.3 Å². The highest BCUT2D eigenvalue weighted by molar-refractivity contribution is 7.91. The van der Waals surface area contributed by atoms with Gasteiger partial charge in [0.1, 0.15) is 10.4 Å². The van der Waals surface area contributed by atoms with Crippen LogP contribution in [0.3, 0.4) is 0 Å². The van der Waals surface area contributed by atoms with E-state index < -0.39 is 33.2 Å². The number of aromatic nitrogens is 2. The Bertz CT molecular complexity index is 1580. The van der Waals surface area contributed by atoms with Gasteiger partial charge < -0.3 is 20.4 Å². The number of thiophene rings is 1. The average Bonchev–Trinajstić information content (AvgIpc) is 3.32. The van der Waals surface area contributed by atoms with Crippen molar-refractivity contribution in [2.24, 2.45) is 0 Å². The number of piperidine rings is 1. The predicted octanol–water partition coefficient (Wildman–Crippen LogP) is 4.03. The maximum absolute atomic E-state index is 13.9. The molecule has 9 nitrogen and oxygen atoms in total. The first-order valence-corrected chi connectivity index (χ1v) is 14.9. The molecule has 6 rings (SSSR count). The molecule has 2 unspecified atom stereocenters. The molecule has 39 heavy (non-hydrogen) atoms. The average molecular weight is 599 g/mol. The summed E-state index contributed by atoms with van der Waals surface area (Å²) in [6, 6.07) is 7.28. The quantitative estimate of drug-likeness (QED) is 0.464. The second-order valence-electron chi connectivity index (χ2n) is 9.70. The minimum atomic E-state index is -4.82. The molecular formula is C24H22ClF3N6O3S2. The van der Waals surface area contributed by atoms with E-state index in [1.807, 2.05) is 6.07 Å². The Morgan fingerprint density at radius 1 is 1.21 bits per heavy atom. The molecule has 1 aromatic carbocycles. The summed E-state index contributed by atoms with van der Waals surface area (Å²) in [5, 5.41) is 6.59. The smallest absolute Gasteiger partial charge is 0.363 e. The van der Waals surface area contributed by atoms with Crippen molar-refractivity contribution in [3.63, 3.8) is 0 Å². The molecule has 2 N–H and O–H groups in total. The number of amides is 1. The summed E-state index contributed by atoms with van der Waals surface area (Å²) < 4.78 is 67.3. The van der Waals surface area contributed by atoms with E-state index in [2.05, 4.69) is 25.5 Å². The normalized spacial score (nSPS) is 22.2. The van der Waals surface area contributed by atoms with Crippen molar-refractivity contribution in [3.05, 3.63) is 45.9 Å². The van der Waals surface area contributed by atoms with E-state index in [1.54, 1.807) is 12.1 Å². The largest absolute Gasteiger partial charge is 0.420 e. The fourth-order valence-corrected chi connectivity index (χ4v) is 8.40. The van der Waals surface area contributed by atoms with Gasteiger partial charge in [0.2, 0.25) is 5.95 Å². The molecule has 3 aliphatic heterocycles. The van der Waals surface area contributed by atoms with Gasteiger partial charge >= 0.3 is 6.18 Å². The number of hydrogen-bond acceptors (Lipinski definition) is 9. The third kappa shape index (κ3) is 4.62. The van der Waals surface area contributed by atoms with Crippen molar-refractivity contribution in [3.8, 4) is 10.6 Å². The van der Waals surface area contributed by atoms with Crippen LogP contribution in [0.2, 0.25) is 5.02 Å². The number of benzene rings is 1. The molecule has 2 aromatic heterocycles. The van der Waals surface area contributed by atoms with Crippen LogP contribution >= 0.6 is 22.9 Å². The van der Waals surface area contributed by atoms with Gasteiger partial charge in [0, 0.05) is 50.6 Å². The van der Waals surface area contributed by atoms with Crippen molar-refractivity contribution in [2.45, 2.75) is 29.6 Å². The molecule has 2 fully saturated rings. The van der Waals surface area contributed by atoms with Crippen molar-refractivity contribution in [1.82, 2.24) is 20.2 Å². The molecule has 2 saturated heterocycles. The molecular weight excluding hydrogens is 577 g/mol. The number of sulfone groups is 1. The first kappa shape index (κ1) is 26.3. The van der Waals surface area contributed by atoms with Crippen LogP contribution in [-0.4, -0.2) is 73.7 Å². The van der Waals surface area contributed by atoms with Crippen molar-refractivity contribution >= 4 is 56.0 Å². The zero-order valence-electron chi connectivity index (χ0n) is 20.4. The van der Waals surface area contributed by atoms with Crippen LogP contribution in [0.15, 0.2) is 35.4 Å². The fraction of sp³-hybridized carbons (Fsp3) is 0.375. The molecule has 15 heteroatoms. The van der Waals surface area contributed by atoms with E-state index in [4.69, 9.17) is 11.6 Å². The lowest BCUT2D eigenvalue weighted by Gasteiger charge is -2.54. The number of anilines is 3. The summed E-state index contributed by atoms with van der Waals surface area (Å²) >= 11 is 7.18. The molecule has 1 amide bonds. The summed E-state index contributed by atoms with van der Waals surface area (Å²) in [5.41, 5.74) is -0.325. The number of piperazine rings is 1. The highest BCUT2D eigenvalue weighted by Gasteiger charge is 2.41. The first-order valence-electron chi connectivity index (χ1n) is 12.0. The number of hydrogen-bond donors (Lipinski definition) is 2. The van der Waals surface area contributed by atoms with Crippen LogP contribution in [0.25, 0.3) is 10.6 Å². The Morgan fingerprint density at radius 2 is 1.95 bits per heavy atom. The maximum Gasteiger partial charge on any atom is 0.420 e. The monoisotopic (exact) mass is 598 g/mol. The Morgan fingerprint density at radius 3 is 2.62 bits per heavy atom. The SMILES string of the molecule is CN1CCS(=O)(=O)c2cc(-c3nc(Nc4ccc(N5C6CNCC5C6)cc4Cl)ncc3C(F)(F)F)sc2C1=O. The predicted molar refractivity (Wildman–Crippen MR) is 142 cm³/mol. The van der Waals surface area contributed by atoms with Gasteiger partial charge in [-0.25, -0.2) is 18.4 Å². The van der Waals surface area contributed by atoms with Crippen LogP contribution < -0.4 is 15.5 Å². The number of carbonyl (C=O) groups is 1. The molecule has 2 bridgehead atoms. The Kier molecular flexibility index (Phi) is 6.28. The van der Waals surface area contributed by atoms with Crippen molar-refractivity contribution < 1.29 is 26.4 Å². The zero-order valence-corrected chi connectivity index (χ0v) is 22.8. The maximum atomic E-state index is 13.9. The molecule has 206 valence electrons. The standard InChI is InChI=1S/C24H22ClF3N6O3S2/c1-33-4-5-39(36,37)19-8-18(38-21(19)22(33)35)20-15(24(26,27)28)11-30-23(32-20)31-17-3-2-12(7-16(17)25)34-13-6-14(34)10-29-9-13/h2-3,7-8,11,13-14,29H,4-6,9-10H2,1H3,(H,30,31,32). The molecule has 0 radical (unpaired) electrons. The molecule has 0 saturated carbocycles. The van der Waals surface area contributed by atoms with E-state index >= 15 is 0 Å². The highest BCUT2D eigenvalue weighted by atomic mass is 35.5. The lowest BCUT2D eigenvalue weighted by atomic mass is 9.88. The van der Waals surface area contributed by atoms with E-state index in [9.17, 15) is 26.4 Å². The Balaban J connectivity index is 1.36. The summed E-state index contributed by atoms with van der Waals surface area (Å²) in [7, 11) is -2.43. The van der Waals surface area contributed by atoms with Crippen molar-refractivity contribution in [1.29, 1.82) is 0 Å². The summed E-state index contributed by atoms with van der Waals surface area (Å²) in [6.07, 6.45) is -3.07. The van der Waals surface area contributed by atoms with Gasteiger partial charge in [0.05, 0.1) is 31.9 Å². The van der Waals surface area contributed by atoms with E-state index in [1.165, 1.54) is 11.9 Å². The van der Waals surface area contributed by atoms with E-state index in [0.29, 0.717) is 40.3 Å². The highest BCUT2D eigenvalue weighted by Crippen LogP contribution is 2.42. The molecule has 3 aliphatic rings. The number of carbonyl (C=O) groups excluding carboxylic acids is 1.